The first kappa shape index (κ1) is 11.5. The van der Waals surface area contributed by atoms with E-state index in [1.165, 1.54) is 0 Å². The molecule has 0 radical (unpaired) electrons. The summed E-state index contributed by atoms with van der Waals surface area (Å²) in [5.41, 5.74) is 6.49. The van der Waals surface area contributed by atoms with Crippen LogP contribution in [0.4, 0.5) is 0 Å². The molecule has 0 spiro atoms. The topological polar surface area (TPSA) is 71.1 Å². The van der Waals surface area contributed by atoms with Gasteiger partial charge in [0.2, 0.25) is 0 Å². The van der Waals surface area contributed by atoms with Crippen molar-refractivity contribution in [2.75, 3.05) is 19.7 Å². The Morgan fingerprint density at radius 1 is 1.47 bits per heavy atom. The van der Waals surface area contributed by atoms with Crippen LogP contribution in [0.2, 0.25) is 0 Å². The fraction of sp³-hybridized carbons (Fsp3) is 0.364. The number of nitrogens with one attached hydrogen (secondary N) is 1. The van der Waals surface area contributed by atoms with Crippen LogP contribution in [-0.2, 0) is 6.54 Å². The normalized spacial score (nSPS) is 9.60. The molecule has 0 unspecified atom stereocenters. The molecular formula is C11H15N3O. The van der Waals surface area contributed by atoms with E-state index in [4.69, 9.17) is 15.7 Å². The maximum Gasteiger partial charge on any atom is 0.174 e. The van der Waals surface area contributed by atoms with Crippen LogP contribution in [0.15, 0.2) is 24.3 Å². The van der Waals surface area contributed by atoms with Gasteiger partial charge in [-0.3, -0.25) is 0 Å². The minimum absolute atomic E-state index is 0.0830. The Morgan fingerprint density at radius 2 is 2.33 bits per heavy atom. The van der Waals surface area contributed by atoms with E-state index in [9.17, 15) is 0 Å². The predicted molar refractivity (Wildman–Crippen MR) is 58.3 cm³/mol. The van der Waals surface area contributed by atoms with E-state index in [0.29, 0.717) is 6.54 Å². The fourth-order valence-corrected chi connectivity index (χ4v) is 1.20. The molecule has 4 heteroatoms. The second kappa shape index (κ2) is 6.82. The monoisotopic (exact) mass is 205 g/mol. The molecule has 3 N–H and O–H groups in total. The molecule has 0 atom stereocenters. The standard InChI is InChI=1S/C11H15N3O/c12-4-6-14-9-10-2-1-3-11(8-10)15-7-5-13/h1-3,8,14H,4,6-7,9,12H2. The van der Waals surface area contributed by atoms with Crippen molar-refractivity contribution in [3.8, 4) is 11.8 Å². The van der Waals surface area contributed by atoms with Crippen LogP contribution in [0.5, 0.6) is 5.75 Å². The molecule has 0 aliphatic rings. The predicted octanol–water partition coefficient (Wildman–Crippen LogP) is 0.637. The molecule has 0 fully saturated rings. The molecule has 0 aliphatic heterocycles. The van der Waals surface area contributed by atoms with E-state index in [1.807, 2.05) is 30.3 Å². The highest BCUT2D eigenvalue weighted by atomic mass is 16.5. The van der Waals surface area contributed by atoms with E-state index >= 15 is 0 Å². The zero-order valence-corrected chi connectivity index (χ0v) is 8.57. The van der Waals surface area contributed by atoms with E-state index < -0.39 is 0 Å². The highest BCUT2D eigenvalue weighted by Crippen LogP contribution is 2.12. The van der Waals surface area contributed by atoms with Gasteiger partial charge in [-0.05, 0) is 17.7 Å². The number of hydrogen-bond donors (Lipinski definition) is 2. The van der Waals surface area contributed by atoms with E-state index in [2.05, 4.69) is 5.32 Å². The Kier molecular flexibility index (Phi) is 5.23. The molecule has 15 heavy (non-hydrogen) atoms. The second-order valence-corrected chi connectivity index (χ2v) is 3.06. The van der Waals surface area contributed by atoms with Crippen molar-refractivity contribution in [1.82, 2.24) is 5.32 Å². The Hall–Kier alpha value is -1.57. The van der Waals surface area contributed by atoms with Crippen molar-refractivity contribution in [3.63, 3.8) is 0 Å². The van der Waals surface area contributed by atoms with Crippen LogP contribution >= 0.6 is 0 Å². The summed E-state index contributed by atoms with van der Waals surface area (Å²) in [5.74, 6) is 0.726. The smallest absolute Gasteiger partial charge is 0.174 e. The molecule has 0 aromatic heterocycles. The van der Waals surface area contributed by atoms with E-state index in [1.54, 1.807) is 0 Å². The maximum atomic E-state index is 8.37. The molecule has 80 valence electrons. The van der Waals surface area contributed by atoms with Crippen LogP contribution in [0.25, 0.3) is 0 Å². The number of hydrogen-bond acceptors (Lipinski definition) is 4. The summed E-state index contributed by atoms with van der Waals surface area (Å²) in [7, 11) is 0. The molecule has 4 nitrogen and oxygen atoms in total. The highest BCUT2D eigenvalue weighted by molar-refractivity contribution is 5.28. The zero-order valence-electron chi connectivity index (χ0n) is 8.57. The first-order valence-electron chi connectivity index (χ1n) is 4.86. The molecule has 0 aliphatic carbocycles. The van der Waals surface area contributed by atoms with Crippen molar-refractivity contribution in [3.05, 3.63) is 29.8 Å². The number of benzene rings is 1. The molecule has 1 aromatic rings. The molecular weight excluding hydrogens is 190 g/mol. The van der Waals surface area contributed by atoms with Gasteiger partial charge in [-0.1, -0.05) is 12.1 Å². The van der Waals surface area contributed by atoms with Gasteiger partial charge in [0.1, 0.15) is 11.8 Å². The number of ether oxygens (including phenoxy) is 1. The number of nitrogens with zero attached hydrogens (tertiary/aromatic N) is 1. The first-order chi connectivity index (χ1) is 7.36. The summed E-state index contributed by atoms with van der Waals surface area (Å²) < 4.78 is 5.19. The van der Waals surface area contributed by atoms with Crippen LogP contribution < -0.4 is 15.8 Å². The molecule has 1 aromatic carbocycles. The maximum absolute atomic E-state index is 8.37. The fourth-order valence-electron chi connectivity index (χ4n) is 1.20. The van der Waals surface area contributed by atoms with Crippen LogP contribution in [0.3, 0.4) is 0 Å². The quantitative estimate of drug-likeness (QED) is 0.668. The third kappa shape index (κ3) is 4.45. The lowest BCUT2D eigenvalue weighted by Crippen LogP contribution is -2.21. The average molecular weight is 205 g/mol. The van der Waals surface area contributed by atoms with Crippen molar-refractivity contribution in [2.24, 2.45) is 5.73 Å². The van der Waals surface area contributed by atoms with Gasteiger partial charge in [-0.25, -0.2) is 0 Å². The summed E-state index contributed by atoms with van der Waals surface area (Å²) in [5, 5.41) is 11.6. The third-order valence-electron chi connectivity index (χ3n) is 1.85. The molecule has 0 saturated heterocycles. The first-order valence-corrected chi connectivity index (χ1v) is 4.86. The summed E-state index contributed by atoms with van der Waals surface area (Å²) in [6.07, 6.45) is 0. The van der Waals surface area contributed by atoms with Gasteiger partial charge >= 0.3 is 0 Å². The Bertz CT molecular complexity index is 333. The van der Waals surface area contributed by atoms with Gasteiger partial charge < -0.3 is 15.8 Å². The van der Waals surface area contributed by atoms with Crippen LogP contribution in [-0.4, -0.2) is 19.7 Å². The SMILES string of the molecule is N#CCOc1cccc(CNCCN)c1. The number of nitriles is 1. The van der Waals surface area contributed by atoms with Gasteiger partial charge in [0.15, 0.2) is 6.61 Å². The molecule has 0 amide bonds. The van der Waals surface area contributed by atoms with Crippen LogP contribution in [0, 0.1) is 11.3 Å². The van der Waals surface area contributed by atoms with Crippen molar-refractivity contribution >= 4 is 0 Å². The summed E-state index contributed by atoms with van der Waals surface area (Å²) in [4.78, 5) is 0. The number of nitrogens with two attached hydrogens (primary N) is 1. The lowest BCUT2D eigenvalue weighted by molar-refractivity contribution is 0.367. The second-order valence-electron chi connectivity index (χ2n) is 3.06. The molecule has 0 heterocycles. The minimum Gasteiger partial charge on any atom is -0.479 e. The van der Waals surface area contributed by atoms with Gasteiger partial charge in [0.05, 0.1) is 0 Å². The van der Waals surface area contributed by atoms with Crippen molar-refractivity contribution < 1.29 is 4.74 Å². The molecule has 0 bridgehead atoms. The minimum atomic E-state index is 0.0830. The van der Waals surface area contributed by atoms with Gasteiger partial charge in [0.25, 0.3) is 0 Å². The molecule has 1 rings (SSSR count). The van der Waals surface area contributed by atoms with Gasteiger partial charge in [-0.2, -0.15) is 5.26 Å². The van der Waals surface area contributed by atoms with Crippen LogP contribution in [0.1, 0.15) is 5.56 Å². The van der Waals surface area contributed by atoms with Crippen molar-refractivity contribution in [1.29, 1.82) is 5.26 Å². The van der Waals surface area contributed by atoms with Crippen molar-refractivity contribution in [2.45, 2.75) is 6.54 Å². The van der Waals surface area contributed by atoms with Gasteiger partial charge in [0, 0.05) is 19.6 Å². The molecule has 0 saturated carbocycles. The van der Waals surface area contributed by atoms with E-state index in [-0.39, 0.29) is 6.61 Å². The summed E-state index contributed by atoms with van der Waals surface area (Å²) in [6, 6.07) is 9.60. The summed E-state index contributed by atoms with van der Waals surface area (Å²) in [6.45, 7) is 2.27. The third-order valence-corrected chi connectivity index (χ3v) is 1.85. The lowest BCUT2D eigenvalue weighted by Gasteiger charge is -2.06. The Labute approximate surface area is 89.7 Å². The van der Waals surface area contributed by atoms with Gasteiger partial charge in [-0.15, -0.1) is 0 Å². The average Bonchev–Trinajstić information content (AvgIpc) is 2.27. The largest absolute Gasteiger partial charge is 0.479 e. The Morgan fingerprint density at radius 3 is 3.07 bits per heavy atom. The summed E-state index contributed by atoms with van der Waals surface area (Å²) >= 11 is 0. The number of rotatable bonds is 6. The zero-order chi connectivity index (χ0) is 10.9. The lowest BCUT2D eigenvalue weighted by atomic mass is 10.2. The Balaban J connectivity index is 2.47. The highest BCUT2D eigenvalue weighted by Gasteiger charge is 1.96. The van der Waals surface area contributed by atoms with E-state index in [0.717, 1.165) is 24.4 Å².